The molecule has 0 bridgehead atoms. The minimum atomic E-state index is -1.36. The molecule has 0 aliphatic carbocycles. The SMILES string of the molecule is C[CH]=[Ru]([Cl])[Cl].Cc1cc(C)c(N2[CH-]N(c3c(C)cc(C)cc3C)CC2)c(C)c1. The van der Waals surface area contributed by atoms with E-state index in [4.69, 9.17) is 19.4 Å². The summed E-state index contributed by atoms with van der Waals surface area (Å²) in [6.07, 6.45) is 0. The van der Waals surface area contributed by atoms with Crippen LogP contribution in [0.5, 0.6) is 0 Å². The number of halogens is 2. The summed E-state index contributed by atoms with van der Waals surface area (Å²) in [5, 5.41) is 0. The van der Waals surface area contributed by atoms with Crippen molar-refractivity contribution >= 4 is 35.4 Å². The van der Waals surface area contributed by atoms with Crippen LogP contribution in [0.1, 0.15) is 40.3 Å². The largest absolute Gasteiger partial charge is 0.502 e. The number of hydrogen-bond donors (Lipinski definition) is 0. The molecule has 1 fully saturated rings. The van der Waals surface area contributed by atoms with Gasteiger partial charge < -0.3 is 9.80 Å². The molecule has 1 saturated heterocycles. The average Bonchev–Trinajstić information content (AvgIpc) is 3.02. The first-order valence-corrected chi connectivity index (χ1v) is 14.9. The topological polar surface area (TPSA) is 6.48 Å². The normalized spacial score (nSPS) is 14.0. The summed E-state index contributed by atoms with van der Waals surface area (Å²) in [4.78, 5) is 4.81. The molecular formula is C23H31Cl2N2Ru-. The first-order chi connectivity index (χ1) is 13.1. The van der Waals surface area contributed by atoms with Gasteiger partial charge in [0.05, 0.1) is 0 Å². The number of benzene rings is 2. The average molecular weight is 507 g/mol. The van der Waals surface area contributed by atoms with E-state index in [0.717, 1.165) is 13.1 Å². The van der Waals surface area contributed by atoms with Crippen molar-refractivity contribution in [2.75, 3.05) is 22.9 Å². The maximum Gasteiger partial charge on any atom is 0.0146 e. The van der Waals surface area contributed by atoms with Crippen LogP contribution in [-0.4, -0.2) is 17.7 Å². The van der Waals surface area contributed by atoms with Gasteiger partial charge in [0.1, 0.15) is 0 Å². The molecule has 0 unspecified atom stereocenters. The maximum absolute atomic E-state index is 5.32. The smallest absolute Gasteiger partial charge is 0.0146 e. The van der Waals surface area contributed by atoms with E-state index in [-0.39, 0.29) is 0 Å². The molecule has 3 rings (SSSR count). The van der Waals surface area contributed by atoms with Gasteiger partial charge in [-0.1, -0.05) is 35.4 Å². The molecule has 0 atom stereocenters. The Kier molecular flexibility index (Phi) is 8.55. The molecule has 2 nitrogen and oxygen atoms in total. The van der Waals surface area contributed by atoms with Gasteiger partial charge in [0, 0.05) is 24.5 Å². The van der Waals surface area contributed by atoms with Crippen molar-refractivity contribution in [3.05, 3.63) is 64.3 Å². The summed E-state index contributed by atoms with van der Waals surface area (Å²) < 4.78 is 1.84. The predicted molar refractivity (Wildman–Crippen MR) is 124 cm³/mol. The molecule has 1 aliphatic heterocycles. The number of hydrogen-bond acceptors (Lipinski definition) is 2. The Hall–Kier alpha value is -0.887. The summed E-state index contributed by atoms with van der Waals surface area (Å²) in [6.45, 7) is 19.4. The number of rotatable bonds is 2. The Morgan fingerprint density at radius 1 is 0.750 bits per heavy atom. The van der Waals surface area contributed by atoms with Gasteiger partial charge in [-0.25, -0.2) is 0 Å². The van der Waals surface area contributed by atoms with E-state index in [0.29, 0.717) is 0 Å². The van der Waals surface area contributed by atoms with E-state index in [9.17, 15) is 0 Å². The second kappa shape index (κ2) is 10.2. The first-order valence-electron chi connectivity index (χ1n) is 9.45. The standard InChI is InChI=1S/C21H27N2.C2H4.2ClH.Ru/c1-14-9-16(3)20(17(4)10-14)22-7-8-23(13-22)21-18(5)11-15(2)12-19(21)6;1-2;;;/h9-13H,7-8H2,1-6H3;1H,2H3;2*1H;/q-1;;;;+2/p-2. The van der Waals surface area contributed by atoms with Gasteiger partial charge in [0.15, 0.2) is 0 Å². The van der Waals surface area contributed by atoms with Crippen molar-refractivity contribution in [3.8, 4) is 0 Å². The molecule has 28 heavy (non-hydrogen) atoms. The molecule has 0 spiro atoms. The van der Waals surface area contributed by atoms with Gasteiger partial charge in [0.25, 0.3) is 0 Å². The predicted octanol–water partition coefficient (Wildman–Crippen LogP) is 6.72. The Bertz CT molecular complexity index is 763. The van der Waals surface area contributed by atoms with Crippen LogP contribution in [0.2, 0.25) is 0 Å². The molecule has 156 valence electrons. The van der Waals surface area contributed by atoms with Crippen LogP contribution in [0.4, 0.5) is 11.4 Å². The Labute approximate surface area is 184 Å². The van der Waals surface area contributed by atoms with Crippen LogP contribution in [0, 0.1) is 48.2 Å². The molecule has 1 heterocycles. The van der Waals surface area contributed by atoms with Gasteiger partial charge in [-0.05, 0) is 63.8 Å². The Morgan fingerprint density at radius 2 is 1.04 bits per heavy atom. The molecule has 2 aromatic rings. The molecule has 2 aromatic carbocycles. The second-order valence-corrected chi connectivity index (χ2v) is 13.6. The van der Waals surface area contributed by atoms with E-state index in [2.05, 4.69) is 82.3 Å². The van der Waals surface area contributed by atoms with E-state index in [1.165, 1.54) is 44.8 Å². The molecular weight excluding hydrogens is 476 g/mol. The van der Waals surface area contributed by atoms with Crippen molar-refractivity contribution in [1.29, 1.82) is 0 Å². The fraction of sp³-hybridized carbons (Fsp3) is 0.391. The van der Waals surface area contributed by atoms with E-state index >= 15 is 0 Å². The monoisotopic (exact) mass is 507 g/mol. The minimum absolute atomic E-state index is 1.04. The number of anilines is 2. The van der Waals surface area contributed by atoms with Crippen LogP contribution < -0.4 is 9.80 Å². The second-order valence-electron chi connectivity index (χ2n) is 7.41. The van der Waals surface area contributed by atoms with Crippen molar-refractivity contribution in [1.82, 2.24) is 0 Å². The zero-order valence-corrected chi connectivity index (χ0v) is 21.1. The minimum Gasteiger partial charge on any atom is -0.502 e. The van der Waals surface area contributed by atoms with Crippen LogP contribution in [0.3, 0.4) is 0 Å². The molecule has 0 N–H and O–H groups in total. The number of aryl methyl sites for hydroxylation is 6. The third-order valence-corrected chi connectivity index (χ3v) is 7.44. The summed E-state index contributed by atoms with van der Waals surface area (Å²) in [5.41, 5.74) is 10.8. The summed E-state index contributed by atoms with van der Waals surface area (Å²) in [5.74, 6) is 0. The molecule has 0 saturated carbocycles. The van der Waals surface area contributed by atoms with E-state index in [1.807, 2.05) is 11.5 Å². The van der Waals surface area contributed by atoms with Gasteiger partial charge in [-0.3, -0.25) is 0 Å². The van der Waals surface area contributed by atoms with E-state index in [1.54, 1.807) is 0 Å². The Balaban J connectivity index is 0.000000500. The third kappa shape index (κ3) is 5.81. The summed E-state index contributed by atoms with van der Waals surface area (Å²) in [7, 11) is 10.6. The van der Waals surface area contributed by atoms with Gasteiger partial charge in [-0.2, -0.15) is 6.67 Å². The van der Waals surface area contributed by atoms with Crippen LogP contribution >= 0.6 is 19.4 Å². The van der Waals surface area contributed by atoms with Gasteiger partial charge in [-0.15, -0.1) is 0 Å². The van der Waals surface area contributed by atoms with Crippen molar-refractivity contribution in [2.45, 2.75) is 48.5 Å². The number of nitrogens with zero attached hydrogens (tertiary/aromatic N) is 2. The van der Waals surface area contributed by atoms with Crippen LogP contribution in [0.15, 0.2) is 24.3 Å². The zero-order valence-electron chi connectivity index (χ0n) is 17.9. The molecule has 1 aliphatic rings. The van der Waals surface area contributed by atoms with Crippen LogP contribution in [-0.2, 0) is 13.5 Å². The fourth-order valence-electron chi connectivity index (χ4n) is 4.09. The van der Waals surface area contributed by atoms with Crippen molar-refractivity contribution in [2.24, 2.45) is 0 Å². The van der Waals surface area contributed by atoms with Gasteiger partial charge >= 0.3 is 44.4 Å². The van der Waals surface area contributed by atoms with Crippen molar-refractivity contribution in [3.63, 3.8) is 0 Å². The molecule has 5 heteroatoms. The first kappa shape index (κ1) is 23.4. The summed E-state index contributed by atoms with van der Waals surface area (Å²) in [6, 6.07) is 9.12. The Morgan fingerprint density at radius 3 is 1.29 bits per heavy atom. The van der Waals surface area contributed by atoms with Crippen molar-refractivity contribution < 1.29 is 13.5 Å². The quantitative estimate of drug-likeness (QED) is 0.329. The zero-order chi connectivity index (χ0) is 21.0. The van der Waals surface area contributed by atoms with E-state index < -0.39 is 13.5 Å². The fourth-order valence-corrected chi connectivity index (χ4v) is 4.09. The third-order valence-electron chi connectivity index (χ3n) is 4.86. The maximum atomic E-state index is 5.32. The molecule has 0 amide bonds. The van der Waals surface area contributed by atoms with Crippen LogP contribution in [0.25, 0.3) is 0 Å². The van der Waals surface area contributed by atoms with Gasteiger partial charge in [0.2, 0.25) is 0 Å². The molecule has 0 radical (unpaired) electrons. The summed E-state index contributed by atoms with van der Waals surface area (Å²) >= 11 is -1.36. The molecule has 0 aromatic heterocycles.